The van der Waals surface area contributed by atoms with E-state index in [1.807, 2.05) is 24.3 Å². The minimum absolute atomic E-state index is 0.0453. The van der Waals surface area contributed by atoms with Gasteiger partial charge >= 0.3 is 0 Å². The summed E-state index contributed by atoms with van der Waals surface area (Å²) < 4.78 is 5.60. The highest BCUT2D eigenvalue weighted by molar-refractivity contribution is 5.44. The summed E-state index contributed by atoms with van der Waals surface area (Å²) in [6, 6.07) is 14.5. The number of rotatable bonds is 5. The Hall–Kier alpha value is -2.31. The third kappa shape index (κ3) is 4.08. The molecule has 0 amide bonds. The number of ether oxygens (including phenoxy) is 1. The van der Waals surface area contributed by atoms with Crippen LogP contribution in [-0.4, -0.2) is 56.6 Å². The topological polar surface area (TPSA) is 134 Å². The van der Waals surface area contributed by atoms with Crippen molar-refractivity contribution in [2.24, 2.45) is 0 Å². The first-order chi connectivity index (χ1) is 13.5. The molecule has 5 atom stereocenters. The van der Waals surface area contributed by atoms with E-state index in [1.54, 1.807) is 18.2 Å². The number of nitriles is 1. The molecule has 5 N–H and O–H groups in total. The summed E-state index contributed by atoms with van der Waals surface area (Å²) in [5, 5.41) is 58.2. The van der Waals surface area contributed by atoms with Crippen LogP contribution < -0.4 is 0 Å². The zero-order valence-electron chi connectivity index (χ0n) is 15.1. The molecule has 3 rings (SSSR count). The molecule has 148 valence electrons. The maximum Gasteiger partial charge on any atom is 0.113 e. The lowest BCUT2D eigenvalue weighted by Crippen LogP contribution is -2.55. The molecule has 28 heavy (non-hydrogen) atoms. The van der Waals surface area contributed by atoms with E-state index < -0.39 is 37.1 Å². The minimum Gasteiger partial charge on any atom is -0.394 e. The molecular formula is C21H23NO6. The van der Waals surface area contributed by atoms with Gasteiger partial charge in [0.2, 0.25) is 0 Å². The van der Waals surface area contributed by atoms with Crippen molar-refractivity contribution in [3.8, 4) is 6.07 Å². The maximum atomic E-state index is 10.3. The van der Waals surface area contributed by atoms with E-state index in [4.69, 9.17) is 9.84 Å². The lowest BCUT2D eigenvalue weighted by molar-refractivity contribution is -0.231. The highest BCUT2D eigenvalue weighted by Crippen LogP contribution is 2.33. The van der Waals surface area contributed by atoms with Crippen LogP contribution in [0.25, 0.3) is 0 Å². The van der Waals surface area contributed by atoms with Crippen molar-refractivity contribution in [3.63, 3.8) is 0 Å². The van der Waals surface area contributed by atoms with E-state index in [9.17, 15) is 25.7 Å². The van der Waals surface area contributed by atoms with Gasteiger partial charge in [-0.2, -0.15) is 5.26 Å². The number of benzene rings is 2. The fraction of sp³-hybridized carbons (Fsp3) is 0.381. The van der Waals surface area contributed by atoms with Gasteiger partial charge < -0.3 is 30.3 Å². The highest BCUT2D eigenvalue weighted by Gasteiger charge is 2.44. The summed E-state index contributed by atoms with van der Waals surface area (Å²) in [5.41, 5.74) is 3.46. The number of aliphatic hydroxyl groups is 5. The molecule has 0 aromatic heterocycles. The summed E-state index contributed by atoms with van der Waals surface area (Å²) in [6.07, 6.45) is -5.73. The molecule has 0 spiro atoms. The van der Waals surface area contributed by atoms with Crippen LogP contribution in [0.5, 0.6) is 0 Å². The molecule has 3 unspecified atom stereocenters. The minimum atomic E-state index is -1.46. The second-order valence-electron chi connectivity index (χ2n) is 6.93. The van der Waals surface area contributed by atoms with Gasteiger partial charge in [-0.1, -0.05) is 36.4 Å². The van der Waals surface area contributed by atoms with Gasteiger partial charge in [0.15, 0.2) is 0 Å². The molecule has 1 aliphatic rings. The Balaban J connectivity index is 1.90. The monoisotopic (exact) mass is 385 g/mol. The van der Waals surface area contributed by atoms with Crippen molar-refractivity contribution in [1.82, 2.24) is 0 Å². The quantitative estimate of drug-likeness (QED) is 0.495. The molecular weight excluding hydrogens is 362 g/mol. The Bertz CT molecular complexity index is 845. The molecule has 0 bridgehead atoms. The predicted molar refractivity (Wildman–Crippen MR) is 99.0 cm³/mol. The summed E-state index contributed by atoms with van der Waals surface area (Å²) in [6.45, 7) is -0.544. The summed E-state index contributed by atoms with van der Waals surface area (Å²) in [4.78, 5) is 0. The lowest BCUT2D eigenvalue weighted by Gasteiger charge is -2.40. The second kappa shape index (κ2) is 8.80. The van der Waals surface area contributed by atoms with Crippen LogP contribution in [-0.2, 0) is 17.8 Å². The Morgan fingerprint density at radius 3 is 2.18 bits per heavy atom. The molecule has 0 aliphatic carbocycles. The van der Waals surface area contributed by atoms with Crippen LogP contribution in [0.15, 0.2) is 42.5 Å². The SMILES string of the molecule is N#Cc1ccc([C@@H]2O[C@H](CO)C(O)C(O)C2O)cc1Cc1ccc(CO)cc1. The zero-order valence-corrected chi connectivity index (χ0v) is 15.1. The molecule has 0 saturated carbocycles. The van der Waals surface area contributed by atoms with Gasteiger partial charge in [0, 0.05) is 0 Å². The van der Waals surface area contributed by atoms with E-state index in [0.717, 1.165) is 11.1 Å². The molecule has 1 saturated heterocycles. The fourth-order valence-corrected chi connectivity index (χ4v) is 3.41. The zero-order chi connectivity index (χ0) is 20.3. The van der Waals surface area contributed by atoms with Crippen molar-refractivity contribution in [3.05, 3.63) is 70.3 Å². The second-order valence-corrected chi connectivity index (χ2v) is 6.93. The fourth-order valence-electron chi connectivity index (χ4n) is 3.41. The largest absolute Gasteiger partial charge is 0.394 e. The first-order valence-electron chi connectivity index (χ1n) is 9.00. The van der Waals surface area contributed by atoms with Crippen molar-refractivity contribution < 1.29 is 30.3 Å². The van der Waals surface area contributed by atoms with Gasteiger partial charge in [0.25, 0.3) is 0 Å². The van der Waals surface area contributed by atoms with Gasteiger partial charge in [-0.25, -0.2) is 0 Å². The van der Waals surface area contributed by atoms with Crippen molar-refractivity contribution in [2.45, 2.75) is 43.5 Å². The highest BCUT2D eigenvalue weighted by atomic mass is 16.5. The molecule has 1 fully saturated rings. The third-order valence-corrected chi connectivity index (χ3v) is 5.07. The number of hydrogen-bond acceptors (Lipinski definition) is 7. The molecule has 7 heteroatoms. The van der Waals surface area contributed by atoms with Gasteiger partial charge in [-0.3, -0.25) is 0 Å². The Morgan fingerprint density at radius 1 is 0.893 bits per heavy atom. The Labute approximate surface area is 162 Å². The van der Waals surface area contributed by atoms with Gasteiger partial charge in [-0.15, -0.1) is 0 Å². The Morgan fingerprint density at radius 2 is 1.57 bits per heavy atom. The van der Waals surface area contributed by atoms with Gasteiger partial charge in [0.1, 0.15) is 30.5 Å². The molecule has 2 aromatic carbocycles. The van der Waals surface area contributed by atoms with Crippen LogP contribution in [0.1, 0.15) is 33.9 Å². The van der Waals surface area contributed by atoms with Crippen molar-refractivity contribution in [2.75, 3.05) is 6.61 Å². The molecule has 2 aromatic rings. The van der Waals surface area contributed by atoms with Crippen LogP contribution in [0.2, 0.25) is 0 Å². The average Bonchev–Trinajstić information content (AvgIpc) is 2.73. The van der Waals surface area contributed by atoms with E-state index in [-0.39, 0.29) is 6.61 Å². The van der Waals surface area contributed by atoms with E-state index in [0.29, 0.717) is 23.1 Å². The Kier molecular flexibility index (Phi) is 6.42. The summed E-state index contributed by atoms with van der Waals surface area (Å²) in [7, 11) is 0. The van der Waals surface area contributed by atoms with Crippen molar-refractivity contribution in [1.29, 1.82) is 5.26 Å². The third-order valence-electron chi connectivity index (χ3n) is 5.07. The molecule has 0 radical (unpaired) electrons. The number of aliphatic hydroxyl groups excluding tert-OH is 5. The van der Waals surface area contributed by atoms with Crippen LogP contribution in [0.4, 0.5) is 0 Å². The number of nitrogens with zero attached hydrogens (tertiary/aromatic N) is 1. The van der Waals surface area contributed by atoms with Gasteiger partial charge in [-0.05, 0) is 34.7 Å². The molecule has 7 nitrogen and oxygen atoms in total. The smallest absolute Gasteiger partial charge is 0.113 e. The predicted octanol–water partition coefficient (Wildman–Crippen LogP) is 0.156. The van der Waals surface area contributed by atoms with Gasteiger partial charge in [0.05, 0.1) is 24.8 Å². The van der Waals surface area contributed by atoms with E-state index in [2.05, 4.69) is 6.07 Å². The average molecular weight is 385 g/mol. The van der Waals surface area contributed by atoms with Crippen molar-refractivity contribution >= 4 is 0 Å². The summed E-state index contributed by atoms with van der Waals surface area (Å²) >= 11 is 0. The molecule has 1 aliphatic heterocycles. The first-order valence-corrected chi connectivity index (χ1v) is 9.00. The standard InChI is InChI=1S/C21H23NO6/c22-9-15-6-5-14(21-20(27)19(26)18(25)17(11-24)28-21)8-16(15)7-12-1-3-13(10-23)4-2-12/h1-6,8,17-21,23-27H,7,10-11H2/t17-,18?,19?,20?,21+/m1/s1. The lowest BCUT2D eigenvalue weighted by atomic mass is 9.89. The normalized spacial score (nSPS) is 27.4. The van der Waals surface area contributed by atoms with E-state index >= 15 is 0 Å². The first kappa shape index (κ1) is 20.4. The molecule has 1 heterocycles. The summed E-state index contributed by atoms with van der Waals surface area (Å²) in [5.74, 6) is 0. The maximum absolute atomic E-state index is 10.3. The van der Waals surface area contributed by atoms with Crippen LogP contribution >= 0.6 is 0 Å². The van der Waals surface area contributed by atoms with Crippen LogP contribution in [0, 0.1) is 11.3 Å². The van der Waals surface area contributed by atoms with E-state index in [1.165, 1.54) is 0 Å². The van der Waals surface area contributed by atoms with Crippen LogP contribution in [0.3, 0.4) is 0 Å². The number of hydrogen-bond donors (Lipinski definition) is 5.